The van der Waals surface area contributed by atoms with Crippen molar-refractivity contribution in [3.63, 3.8) is 0 Å². The molecule has 0 spiro atoms. The largest absolute Gasteiger partial charge is 0.373 e. The van der Waals surface area contributed by atoms with Gasteiger partial charge in [-0.3, -0.25) is 5.32 Å². The van der Waals surface area contributed by atoms with E-state index in [1.807, 2.05) is 6.07 Å². The minimum Gasteiger partial charge on any atom is -0.373 e. The number of hydrogen-bond acceptors (Lipinski definition) is 3. The maximum absolute atomic E-state index is 9.37. The van der Waals surface area contributed by atoms with Gasteiger partial charge < -0.3 is 5.11 Å². The van der Waals surface area contributed by atoms with Crippen molar-refractivity contribution in [2.24, 2.45) is 0 Å². The van der Waals surface area contributed by atoms with Gasteiger partial charge in [-0.2, -0.15) is 0 Å². The maximum atomic E-state index is 9.37. The Bertz CT molecular complexity index is 225. The molecule has 62 valence electrons. The van der Waals surface area contributed by atoms with Crippen LogP contribution in [0.5, 0.6) is 0 Å². The standard InChI is InChI=1S/C8H13NOS/c1-5-4-7(8(10)9-3)11-6(5)2/h4,8-10H,1-3H3. The van der Waals surface area contributed by atoms with Crippen LogP contribution in [0.25, 0.3) is 0 Å². The minimum atomic E-state index is -0.507. The summed E-state index contributed by atoms with van der Waals surface area (Å²) in [6.45, 7) is 4.11. The van der Waals surface area contributed by atoms with Crippen LogP contribution in [0.4, 0.5) is 0 Å². The van der Waals surface area contributed by atoms with E-state index < -0.39 is 6.23 Å². The normalized spacial score (nSPS) is 13.5. The fourth-order valence-electron chi connectivity index (χ4n) is 0.879. The molecule has 1 unspecified atom stereocenters. The third-order valence-corrected chi connectivity index (χ3v) is 2.93. The summed E-state index contributed by atoms with van der Waals surface area (Å²) in [6, 6.07) is 2.02. The smallest absolute Gasteiger partial charge is 0.140 e. The van der Waals surface area contributed by atoms with Gasteiger partial charge in [-0.1, -0.05) is 0 Å². The topological polar surface area (TPSA) is 32.3 Å². The molecule has 0 amide bonds. The fourth-order valence-corrected chi connectivity index (χ4v) is 1.92. The number of rotatable bonds is 2. The molecule has 0 aliphatic rings. The van der Waals surface area contributed by atoms with Crippen LogP contribution in [-0.4, -0.2) is 12.2 Å². The van der Waals surface area contributed by atoms with Gasteiger partial charge in [0.1, 0.15) is 6.23 Å². The van der Waals surface area contributed by atoms with Crippen molar-refractivity contribution in [3.05, 3.63) is 21.4 Å². The lowest BCUT2D eigenvalue weighted by Gasteiger charge is -2.04. The number of nitrogens with one attached hydrogen (secondary N) is 1. The molecule has 0 radical (unpaired) electrons. The molecular formula is C8H13NOS. The molecule has 1 aromatic heterocycles. The van der Waals surface area contributed by atoms with Crippen LogP contribution in [0.2, 0.25) is 0 Å². The van der Waals surface area contributed by atoms with Crippen LogP contribution in [0.1, 0.15) is 21.5 Å². The number of aliphatic hydroxyl groups excluding tert-OH is 1. The van der Waals surface area contributed by atoms with E-state index in [9.17, 15) is 5.11 Å². The Balaban J connectivity index is 2.88. The molecule has 1 rings (SSSR count). The van der Waals surface area contributed by atoms with Crippen LogP contribution >= 0.6 is 11.3 Å². The van der Waals surface area contributed by atoms with Gasteiger partial charge in [0.25, 0.3) is 0 Å². The molecule has 3 heteroatoms. The Labute approximate surface area is 70.9 Å². The first-order chi connectivity index (χ1) is 5.15. The van der Waals surface area contributed by atoms with Crippen molar-refractivity contribution < 1.29 is 5.11 Å². The molecule has 0 saturated carbocycles. The Morgan fingerprint density at radius 3 is 2.55 bits per heavy atom. The molecule has 0 aromatic carbocycles. The first kappa shape index (κ1) is 8.71. The maximum Gasteiger partial charge on any atom is 0.140 e. The highest BCUT2D eigenvalue weighted by Gasteiger charge is 2.08. The predicted molar refractivity (Wildman–Crippen MR) is 47.8 cm³/mol. The van der Waals surface area contributed by atoms with E-state index in [1.165, 1.54) is 10.4 Å². The van der Waals surface area contributed by atoms with Crippen molar-refractivity contribution in [1.82, 2.24) is 5.32 Å². The van der Waals surface area contributed by atoms with Gasteiger partial charge in [-0.25, -0.2) is 0 Å². The summed E-state index contributed by atoms with van der Waals surface area (Å²) in [4.78, 5) is 2.26. The van der Waals surface area contributed by atoms with E-state index in [4.69, 9.17) is 0 Å². The van der Waals surface area contributed by atoms with E-state index >= 15 is 0 Å². The zero-order chi connectivity index (χ0) is 8.43. The molecule has 2 nitrogen and oxygen atoms in total. The molecule has 0 saturated heterocycles. The Morgan fingerprint density at radius 1 is 1.55 bits per heavy atom. The summed E-state index contributed by atoms with van der Waals surface area (Å²) in [5.74, 6) is 0. The second-order valence-corrected chi connectivity index (χ2v) is 3.87. The molecule has 0 aliphatic heterocycles. The predicted octanol–water partition coefficient (Wildman–Crippen LogP) is 1.58. The highest BCUT2D eigenvalue weighted by Crippen LogP contribution is 2.24. The summed E-state index contributed by atoms with van der Waals surface area (Å²) in [5, 5.41) is 12.2. The molecule has 0 fully saturated rings. The van der Waals surface area contributed by atoms with Crippen molar-refractivity contribution in [3.8, 4) is 0 Å². The van der Waals surface area contributed by atoms with Crippen molar-refractivity contribution in [2.75, 3.05) is 7.05 Å². The lowest BCUT2D eigenvalue weighted by Crippen LogP contribution is -2.13. The Kier molecular flexibility index (Phi) is 2.65. The molecule has 2 N–H and O–H groups in total. The van der Waals surface area contributed by atoms with Gasteiger partial charge in [0.15, 0.2) is 0 Å². The van der Waals surface area contributed by atoms with Crippen molar-refractivity contribution in [1.29, 1.82) is 0 Å². The van der Waals surface area contributed by atoms with Gasteiger partial charge in [0.05, 0.1) is 0 Å². The van der Waals surface area contributed by atoms with Crippen LogP contribution in [0.15, 0.2) is 6.07 Å². The lowest BCUT2D eigenvalue weighted by atomic mass is 10.3. The zero-order valence-corrected chi connectivity index (χ0v) is 7.83. The van der Waals surface area contributed by atoms with Crippen LogP contribution in [0, 0.1) is 13.8 Å². The zero-order valence-electron chi connectivity index (χ0n) is 7.01. The molecule has 0 bridgehead atoms. The number of aliphatic hydroxyl groups is 1. The molecular weight excluding hydrogens is 158 g/mol. The molecule has 11 heavy (non-hydrogen) atoms. The molecule has 1 aromatic rings. The Hall–Kier alpha value is -0.380. The summed E-state index contributed by atoms with van der Waals surface area (Å²) in [5.41, 5.74) is 1.25. The average Bonchev–Trinajstić information content (AvgIpc) is 2.31. The average molecular weight is 171 g/mol. The second-order valence-electron chi connectivity index (χ2n) is 2.58. The molecule has 1 atom stereocenters. The summed E-state index contributed by atoms with van der Waals surface area (Å²) in [7, 11) is 1.75. The van der Waals surface area contributed by atoms with E-state index in [-0.39, 0.29) is 0 Å². The highest BCUT2D eigenvalue weighted by atomic mass is 32.1. The van der Waals surface area contributed by atoms with E-state index in [2.05, 4.69) is 19.2 Å². The third-order valence-electron chi connectivity index (χ3n) is 1.73. The number of hydrogen-bond donors (Lipinski definition) is 2. The van der Waals surface area contributed by atoms with Gasteiger partial charge in [0.2, 0.25) is 0 Å². The second kappa shape index (κ2) is 3.34. The Morgan fingerprint density at radius 2 is 2.18 bits per heavy atom. The van der Waals surface area contributed by atoms with Crippen LogP contribution in [0.3, 0.4) is 0 Å². The first-order valence-electron chi connectivity index (χ1n) is 3.57. The van der Waals surface area contributed by atoms with Gasteiger partial charge in [-0.15, -0.1) is 11.3 Å². The highest BCUT2D eigenvalue weighted by molar-refractivity contribution is 7.12. The van der Waals surface area contributed by atoms with Gasteiger partial charge in [-0.05, 0) is 32.5 Å². The minimum absolute atomic E-state index is 0.507. The van der Waals surface area contributed by atoms with Gasteiger partial charge >= 0.3 is 0 Å². The van der Waals surface area contributed by atoms with Crippen LogP contribution < -0.4 is 5.32 Å². The van der Waals surface area contributed by atoms with Gasteiger partial charge in [0, 0.05) is 9.75 Å². The summed E-state index contributed by atoms with van der Waals surface area (Å²) < 4.78 is 0. The third kappa shape index (κ3) is 1.80. The number of thiophene rings is 1. The quantitative estimate of drug-likeness (QED) is 0.662. The SMILES string of the molecule is CNC(O)c1cc(C)c(C)s1. The van der Waals surface area contributed by atoms with E-state index in [0.29, 0.717) is 0 Å². The first-order valence-corrected chi connectivity index (χ1v) is 4.39. The lowest BCUT2D eigenvalue weighted by molar-refractivity contribution is 0.153. The van der Waals surface area contributed by atoms with E-state index in [1.54, 1.807) is 18.4 Å². The summed E-state index contributed by atoms with van der Waals surface area (Å²) >= 11 is 1.63. The van der Waals surface area contributed by atoms with Crippen molar-refractivity contribution >= 4 is 11.3 Å². The summed E-state index contributed by atoms with van der Waals surface area (Å²) in [6.07, 6.45) is -0.507. The van der Waals surface area contributed by atoms with Crippen LogP contribution in [-0.2, 0) is 0 Å². The number of aryl methyl sites for hydroxylation is 2. The monoisotopic (exact) mass is 171 g/mol. The fraction of sp³-hybridized carbons (Fsp3) is 0.500. The molecule has 0 aliphatic carbocycles. The molecule has 1 heterocycles. The van der Waals surface area contributed by atoms with Crippen molar-refractivity contribution in [2.45, 2.75) is 20.1 Å². The van der Waals surface area contributed by atoms with E-state index in [0.717, 1.165) is 4.88 Å².